The minimum absolute atomic E-state index is 0.127. The number of benzene rings is 1. The van der Waals surface area contributed by atoms with E-state index in [1.165, 1.54) is 0 Å². The lowest BCUT2D eigenvalue weighted by Gasteiger charge is -2.33. The van der Waals surface area contributed by atoms with Gasteiger partial charge in [0.05, 0.1) is 35.7 Å². The second-order valence-electron chi connectivity index (χ2n) is 13.0. The van der Waals surface area contributed by atoms with Gasteiger partial charge in [-0.25, -0.2) is 4.98 Å². The van der Waals surface area contributed by atoms with Gasteiger partial charge < -0.3 is 30.2 Å². The van der Waals surface area contributed by atoms with Crippen LogP contribution in [-0.4, -0.2) is 87.6 Å². The summed E-state index contributed by atoms with van der Waals surface area (Å²) in [5, 5.41) is 21.1. The second kappa shape index (κ2) is 13.2. The monoisotopic (exact) mass is 631 g/mol. The number of likely N-dealkylation sites (N-methyl/N-ethyl adjacent to an activating group) is 1. The topological polar surface area (TPSA) is 151 Å². The zero-order valence-electron chi connectivity index (χ0n) is 26.9. The molecule has 0 bridgehead atoms. The maximum absolute atomic E-state index is 13.9. The van der Waals surface area contributed by atoms with E-state index >= 15 is 0 Å². The summed E-state index contributed by atoms with van der Waals surface area (Å²) in [7, 11) is 2.13. The number of unbranched alkanes of at least 4 members (excludes halogenated alkanes) is 3. The van der Waals surface area contributed by atoms with E-state index < -0.39 is 12.2 Å². The van der Waals surface area contributed by atoms with E-state index in [0.717, 1.165) is 68.4 Å². The first-order chi connectivity index (χ1) is 22.2. The lowest BCUT2D eigenvalue weighted by Crippen LogP contribution is -2.44. The van der Waals surface area contributed by atoms with Crippen molar-refractivity contribution in [2.45, 2.75) is 77.0 Å². The van der Waals surface area contributed by atoms with E-state index in [-0.39, 0.29) is 30.0 Å². The average Bonchev–Trinajstić information content (AvgIpc) is 3.43. The molecule has 1 aliphatic carbocycles. The zero-order chi connectivity index (χ0) is 32.6. The van der Waals surface area contributed by atoms with Gasteiger partial charge in [0.25, 0.3) is 5.56 Å². The number of rotatable bonds is 12. The van der Waals surface area contributed by atoms with Crippen molar-refractivity contribution < 1.29 is 24.5 Å². The molecule has 2 aliphatic heterocycles. The van der Waals surface area contributed by atoms with Gasteiger partial charge in [-0.15, -0.1) is 0 Å². The summed E-state index contributed by atoms with van der Waals surface area (Å²) in [6.45, 7) is 6.59. The third-order valence-electron chi connectivity index (χ3n) is 10.1. The number of fused-ring (bicyclic) bond motifs is 5. The Morgan fingerprint density at radius 1 is 1.07 bits per heavy atom. The Labute approximate surface area is 269 Å². The van der Waals surface area contributed by atoms with Crippen molar-refractivity contribution in [1.29, 1.82) is 0 Å². The fourth-order valence-corrected chi connectivity index (χ4v) is 7.23. The molecule has 1 fully saturated rings. The van der Waals surface area contributed by atoms with Crippen LogP contribution >= 0.6 is 0 Å². The van der Waals surface area contributed by atoms with Gasteiger partial charge >= 0.3 is 0 Å². The van der Waals surface area contributed by atoms with Crippen molar-refractivity contribution in [3.05, 3.63) is 50.8 Å². The third-order valence-corrected chi connectivity index (χ3v) is 10.1. The molecule has 3 aliphatic rings. The molecule has 4 N–H and O–H groups in total. The minimum atomic E-state index is -1.67. The molecular weight excluding hydrogens is 586 g/mol. The lowest BCUT2D eigenvalue weighted by atomic mass is 9.77. The first-order valence-corrected chi connectivity index (χ1v) is 16.6. The highest BCUT2D eigenvalue weighted by Gasteiger charge is 2.43. The van der Waals surface area contributed by atoms with Crippen molar-refractivity contribution in [2.75, 3.05) is 52.2 Å². The van der Waals surface area contributed by atoms with Gasteiger partial charge in [0, 0.05) is 67.6 Å². The molecule has 0 radical (unpaired) electrons. The number of aliphatic hydroxyl groups excluding tert-OH is 1. The molecule has 6 rings (SSSR count). The van der Waals surface area contributed by atoms with Crippen LogP contribution in [-0.2, 0) is 34.7 Å². The Morgan fingerprint density at radius 2 is 1.83 bits per heavy atom. The molecule has 1 atom stereocenters. The van der Waals surface area contributed by atoms with E-state index in [4.69, 9.17) is 20.6 Å². The predicted octanol–water partition coefficient (Wildman–Crippen LogP) is 2.76. The first-order valence-electron chi connectivity index (χ1n) is 16.6. The van der Waals surface area contributed by atoms with Crippen molar-refractivity contribution in [3.63, 3.8) is 0 Å². The zero-order valence-corrected chi connectivity index (χ0v) is 26.9. The molecule has 3 aromatic rings. The smallest absolute Gasteiger partial charge is 0.254 e. The van der Waals surface area contributed by atoms with E-state index in [1.54, 1.807) is 11.5 Å². The van der Waals surface area contributed by atoms with Crippen molar-refractivity contribution in [1.82, 2.24) is 19.4 Å². The molecule has 1 saturated heterocycles. The van der Waals surface area contributed by atoms with E-state index in [0.29, 0.717) is 72.0 Å². The SMILES string of the molecule is CC[C@@]1(O)C(=O)CCc2c1cc1n(c2=O)Cc2c-1nc1ccc(OCCCCCCC(=O)CO)c(N)c1c2CN1CCN(C)CC1. The largest absolute Gasteiger partial charge is 0.491 e. The van der Waals surface area contributed by atoms with Gasteiger partial charge in [0.1, 0.15) is 18.0 Å². The number of nitrogens with two attached hydrogens (primary N) is 1. The Bertz CT molecular complexity index is 1730. The molecule has 11 heteroatoms. The number of ketones is 2. The molecule has 0 unspecified atom stereocenters. The van der Waals surface area contributed by atoms with E-state index in [1.807, 2.05) is 18.2 Å². The molecule has 0 saturated carbocycles. The summed E-state index contributed by atoms with van der Waals surface area (Å²) in [5.41, 5.74) is 10.5. The maximum Gasteiger partial charge on any atom is 0.254 e. The number of piperazine rings is 1. The number of anilines is 1. The maximum atomic E-state index is 13.9. The standard InChI is InChI=1S/C35H45N5O6/c1-3-35(45)26-18-28-33-25(20-40(28)34(44)23(26)9-12-30(35)43)24(19-39-15-13-38(2)14-16-39)31-27(37-33)10-11-29(32(31)36)46-17-7-5-4-6-8-22(42)21-41/h10-11,18,41,45H,3-9,12-17,19-21,36H2,1-2H3/t35-/m0/s1. The van der Waals surface area contributed by atoms with Gasteiger partial charge in [-0.3, -0.25) is 19.3 Å². The van der Waals surface area contributed by atoms with E-state index in [2.05, 4.69) is 16.8 Å². The molecular formula is C35H45N5O6. The van der Waals surface area contributed by atoms with Crippen molar-refractivity contribution in [2.24, 2.45) is 0 Å². The van der Waals surface area contributed by atoms with Gasteiger partial charge in [0.15, 0.2) is 11.6 Å². The lowest BCUT2D eigenvalue weighted by molar-refractivity contribution is -0.140. The van der Waals surface area contributed by atoms with Crippen LogP contribution in [0, 0.1) is 0 Å². The molecule has 11 nitrogen and oxygen atoms in total. The fourth-order valence-electron chi connectivity index (χ4n) is 7.23. The molecule has 1 aromatic carbocycles. The second-order valence-corrected chi connectivity index (χ2v) is 13.0. The molecule has 4 heterocycles. The van der Waals surface area contributed by atoms with Crippen molar-refractivity contribution >= 4 is 28.2 Å². The van der Waals surface area contributed by atoms with Crippen LogP contribution in [0.5, 0.6) is 5.75 Å². The molecule has 246 valence electrons. The highest BCUT2D eigenvalue weighted by molar-refractivity contribution is 5.99. The summed E-state index contributed by atoms with van der Waals surface area (Å²) >= 11 is 0. The summed E-state index contributed by atoms with van der Waals surface area (Å²) in [5.74, 6) is 0.223. The van der Waals surface area contributed by atoms with Crippen LogP contribution in [0.15, 0.2) is 23.0 Å². The van der Waals surface area contributed by atoms with Crippen molar-refractivity contribution in [3.8, 4) is 17.1 Å². The van der Waals surface area contributed by atoms with E-state index in [9.17, 15) is 19.5 Å². The number of aromatic nitrogens is 2. The first kappa shape index (κ1) is 32.3. The van der Waals surface area contributed by atoms with Crippen LogP contribution < -0.4 is 16.0 Å². The molecule has 0 amide bonds. The number of nitrogen functional groups attached to an aromatic ring is 1. The number of carbonyl (C=O) groups excluding carboxylic acids is 2. The van der Waals surface area contributed by atoms with Crippen LogP contribution in [0.3, 0.4) is 0 Å². The average molecular weight is 632 g/mol. The van der Waals surface area contributed by atoms with Gasteiger partial charge in [-0.05, 0) is 56.5 Å². The third kappa shape index (κ3) is 5.85. The number of pyridine rings is 2. The Hall–Kier alpha value is -3.64. The predicted molar refractivity (Wildman–Crippen MR) is 176 cm³/mol. The Kier molecular flexibility index (Phi) is 9.29. The summed E-state index contributed by atoms with van der Waals surface area (Å²) in [6.07, 6.45) is 4.45. The summed E-state index contributed by atoms with van der Waals surface area (Å²) in [6, 6.07) is 5.59. The van der Waals surface area contributed by atoms with Crippen LogP contribution in [0.4, 0.5) is 5.69 Å². The number of ether oxygens (including phenoxy) is 1. The summed E-state index contributed by atoms with van der Waals surface area (Å²) in [4.78, 5) is 47.9. The molecule has 2 aromatic heterocycles. The van der Waals surface area contributed by atoms with Crippen LogP contribution in [0.1, 0.15) is 74.1 Å². The number of carbonyl (C=O) groups is 2. The quantitative estimate of drug-likeness (QED) is 0.157. The molecule has 46 heavy (non-hydrogen) atoms. The molecule has 0 spiro atoms. The number of nitrogens with zero attached hydrogens (tertiary/aromatic N) is 4. The number of aliphatic hydroxyl groups is 2. The number of Topliss-reactive ketones (excluding diaryl/α,β-unsaturated/α-hetero) is 2. The Morgan fingerprint density at radius 3 is 2.57 bits per heavy atom. The fraction of sp³-hybridized carbons (Fsp3) is 0.543. The van der Waals surface area contributed by atoms with Crippen LogP contribution in [0.2, 0.25) is 0 Å². The Balaban J connectivity index is 1.36. The van der Waals surface area contributed by atoms with Gasteiger partial charge in [-0.2, -0.15) is 0 Å². The van der Waals surface area contributed by atoms with Gasteiger partial charge in [0.2, 0.25) is 0 Å². The number of hydrogen-bond acceptors (Lipinski definition) is 10. The highest BCUT2D eigenvalue weighted by atomic mass is 16.5. The van der Waals surface area contributed by atoms with Gasteiger partial charge in [-0.1, -0.05) is 19.8 Å². The van der Waals surface area contributed by atoms with Crippen LogP contribution in [0.25, 0.3) is 22.3 Å². The highest BCUT2D eigenvalue weighted by Crippen LogP contribution is 2.43. The number of hydrogen-bond donors (Lipinski definition) is 3. The normalized spacial score (nSPS) is 19.7. The summed E-state index contributed by atoms with van der Waals surface area (Å²) < 4.78 is 7.92. The minimum Gasteiger partial charge on any atom is -0.491 e.